The van der Waals surface area contributed by atoms with Crippen molar-refractivity contribution in [2.75, 3.05) is 0 Å². The predicted molar refractivity (Wildman–Crippen MR) is 84.4 cm³/mol. The van der Waals surface area contributed by atoms with Crippen molar-refractivity contribution in [3.63, 3.8) is 0 Å². The molecular formula is C17H21Br. The third-order valence-corrected chi connectivity index (χ3v) is 4.42. The Labute approximate surface area is 119 Å². The molecule has 0 fully saturated rings. The number of rotatable bonds is 6. The summed E-state index contributed by atoms with van der Waals surface area (Å²) in [5.41, 5.74) is 1.43. The number of hydrogen-bond donors (Lipinski definition) is 0. The van der Waals surface area contributed by atoms with Gasteiger partial charge >= 0.3 is 0 Å². The lowest BCUT2D eigenvalue weighted by atomic mass is 9.99. The van der Waals surface area contributed by atoms with E-state index in [0.717, 1.165) is 0 Å². The molecule has 18 heavy (non-hydrogen) atoms. The van der Waals surface area contributed by atoms with Crippen molar-refractivity contribution in [1.82, 2.24) is 0 Å². The minimum atomic E-state index is 0.487. The molecule has 2 aromatic carbocycles. The highest BCUT2D eigenvalue weighted by Crippen LogP contribution is 2.33. The molecule has 0 spiro atoms. The van der Waals surface area contributed by atoms with Gasteiger partial charge in [-0.05, 0) is 22.8 Å². The minimum absolute atomic E-state index is 0.487. The SMILES string of the molecule is CCCCCCC(Br)c1cccc2ccccc12. The van der Waals surface area contributed by atoms with Crippen LogP contribution in [-0.4, -0.2) is 0 Å². The first-order chi connectivity index (χ1) is 8.83. The van der Waals surface area contributed by atoms with Crippen LogP contribution in [0.2, 0.25) is 0 Å². The molecule has 2 aromatic rings. The fourth-order valence-electron chi connectivity index (χ4n) is 2.43. The molecule has 1 heteroatoms. The molecule has 0 nitrogen and oxygen atoms in total. The van der Waals surface area contributed by atoms with Crippen LogP contribution in [0.3, 0.4) is 0 Å². The van der Waals surface area contributed by atoms with E-state index in [-0.39, 0.29) is 0 Å². The fraction of sp³-hybridized carbons (Fsp3) is 0.412. The van der Waals surface area contributed by atoms with E-state index in [2.05, 4.69) is 65.3 Å². The summed E-state index contributed by atoms with van der Waals surface area (Å²) in [5.74, 6) is 0. The molecule has 0 saturated carbocycles. The van der Waals surface area contributed by atoms with Gasteiger partial charge < -0.3 is 0 Å². The molecule has 0 heterocycles. The van der Waals surface area contributed by atoms with Crippen molar-refractivity contribution in [3.8, 4) is 0 Å². The molecule has 0 saturated heterocycles. The molecular weight excluding hydrogens is 284 g/mol. The van der Waals surface area contributed by atoms with Crippen molar-refractivity contribution in [2.24, 2.45) is 0 Å². The van der Waals surface area contributed by atoms with E-state index in [9.17, 15) is 0 Å². The molecule has 0 aliphatic rings. The fourth-order valence-corrected chi connectivity index (χ4v) is 3.15. The maximum Gasteiger partial charge on any atom is 0.0401 e. The van der Waals surface area contributed by atoms with Crippen molar-refractivity contribution in [2.45, 2.75) is 43.9 Å². The largest absolute Gasteiger partial charge is 0.0839 e. The zero-order valence-electron chi connectivity index (χ0n) is 11.0. The summed E-state index contributed by atoms with van der Waals surface area (Å²) in [6, 6.07) is 15.3. The lowest BCUT2D eigenvalue weighted by molar-refractivity contribution is 0.631. The standard InChI is InChI=1S/C17H21Br/c1-2-3-4-5-13-17(18)16-12-8-10-14-9-6-7-11-15(14)16/h6-12,17H,2-5,13H2,1H3. The van der Waals surface area contributed by atoms with E-state index in [1.165, 1.54) is 48.4 Å². The quantitative estimate of drug-likeness (QED) is 0.437. The topological polar surface area (TPSA) is 0 Å². The molecule has 1 unspecified atom stereocenters. The number of fused-ring (bicyclic) bond motifs is 1. The molecule has 96 valence electrons. The molecule has 2 rings (SSSR count). The third-order valence-electron chi connectivity index (χ3n) is 3.47. The van der Waals surface area contributed by atoms with Crippen molar-refractivity contribution >= 4 is 26.7 Å². The molecule has 0 aliphatic heterocycles. The van der Waals surface area contributed by atoms with Crippen LogP contribution in [0.4, 0.5) is 0 Å². The van der Waals surface area contributed by atoms with Crippen LogP contribution in [0.1, 0.15) is 49.4 Å². The van der Waals surface area contributed by atoms with Gasteiger partial charge in [-0.25, -0.2) is 0 Å². The van der Waals surface area contributed by atoms with E-state index in [0.29, 0.717) is 4.83 Å². The minimum Gasteiger partial charge on any atom is -0.0839 e. The van der Waals surface area contributed by atoms with Crippen LogP contribution in [0.5, 0.6) is 0 Å². The number of hydrogen-bond acceptors (Lipinski definition) is 0. The van der Waals surface area contributed by atoms with Gasteiger partial charge in [-0.2, -0.15) is 0 Å². The maximum atomic E-state index is 3.86. The second kappa shape index (κ2) is 6.94. The Kier molecular flexibility index (Phi) is 5.25. The average molecular weight is 305 g/mol. The monoisotopic (exact) mass is 304 g/mol. The average Bonchev–Trinajstić information content (AvgIpc) is 2.43. The number of halogens is 1. The zero-order chi connectivity index (χ0) is 12.8. The van der Waals surface area contributed by atoms with Crippen LogP contribution >= 0.6 is 15.9 Å². The maximum absolute atomic E-state index is 3.86. The van der Waals surface area contributed by atoms with Crippen molar-refractivity contribution in [1.29, 1.82) is 0 Å². The smallest absolute Gasteiger partial charge is 0.0401 e. The zero-order valence-corrected chi connectivity index (χ0v) is 12.6. The van der Waals surface area contributed by atoms with E-state index >= 15 is 0 Å². The van der Waals surface area contributed by atoms with Gasteiger partial charge in [-0.3, -0.25) is 0 Å². The Bertz CT molecular complexity index is 484. The van der Waals surface area contributed by atoms with E-state index in [1.807, 2.05) is 0 Å². The summed E-state index contributed by atoms with van der Waals surface area (Å²) in [6.07, 6.45) is 6.56. The first-order valence-electron chi connectivity index (χ1n) is 6.94. The Morgan fingerprint density at radius 3 is 2.56 bits per heavy atom. The summed E-state index contributed by atoms with van der Waals surface area (Å²) in [6.45, 7) is 2.26. The van der Waals surface area contributed by atoms with Gasteiger partial charge in [0.15, 0.2) is 0 Å². The Morgan fingerprint density at radius 2 is 1.72 bits per heavy atom. The first-order valence-corrected chi connectivity index (χ1v) is 7.86. The Hall–Kier alpha value is -0.820. The summed E-state index contributed by atoms with van der Waals surface area (Å²) >= 11 is 3.86. The lowest BCUT2D eigenvalue weighted by Gasteiger charge is -2.13. The second-order valence-electron chi connectivity index (χ2n) is 4.89. The highest BCUT2D eigenvalue weighted by Gasteiger charge is 2.10. The highest BCUT2D eigenvalue weighted by molar-refractivity contribution is 9.09. The van der Waals surface area contributed by atoms with Crippen LogP contribution in [-0.2, 0) is 0 Å². The lowest BCUT2D eigenvalue weighted by Crippen LogP contribution is -1.92. The van der Waals surface area contributed by atoms with E-state index in [1.54, 1.807) is 0 Å². The number of alkyl halides is 1. The number of benzene rings is 2. The molecule has 0 radical (unpaired) electrons. The predicted octanol–water partition coefficient (Wildman–Crippen LogP) is 6.25. The normalized spacial score (nSPS) is 12.8. The summed E-state index contributed by atoms with van der Waals surface area (Å²) in [5, 5.41) is 2.73. The molecule has 0 aromatic heterocycles. The third kappa shape index (κ3) is 3.35. The van der Waals surface area contributed by atoms with Gasteiger partial charge in [0.05, 0.1) is 0 Å². The number of unbranched alkanes of at least 4 members (excludes halogenated alkanes) is 3. The first kappa shape index (κ1) is 13.6. The van der Waals surface area contributed by atoms with Crippen molar-refractivity contribution < 1.29 is 0 Å². The van der Waals surface area contributed by atoms with Crippen LogP contribution in [0.25, 0.3) is 10.8 Å². The van der Waals surface area contributed by atoms with Crippen LogP contribution in [0.15, 0.2) is 42.5 Å². The Balaban J connectivity index is 2.10. The summed E-state index contributed by atoms with van der Waals surface area (Å²) in [7, 11) is 0. The molecule has 0 N–H and O–H groups in total. The van der Waals surface area contributed by atoms with Gasteiger partial charge in [-0.15, -0.1) is 0 Å². The summed E-state index contributed by atoms with van der Waals surface area (Å²) < 4.78 is 0. The van der Waals surface area contributed by atoms with Crippen LogP contribution in [0, 0.1) is 0 Å². The van der Waals surface area contributed by atoms with Gasteiger partial charge in [0.1, 0.15) is 0 Å². The van der Waals surface area contributed by atoms with Gasteiger partial charge in [0.2, 0.25) is 0 Å². The molecule has 0 amide bonds. The van der Waals surface area contributed by atoms with E-state index < -0.39 is 0 Å². The van der Waals surface area contributed by atoms with Crippen LogP contribution < -0.4 is 0 Å². The summed E-state index contributed by atoms with van der Waals surface area (Å²) in [4.78, 5) is 0.487. The highest BCUT2D eigenvalue weighted by atomic mass is 79.9. The van der Waals surface area contributed by atoms with Gasteiger partial charge in [0.25, 0.3) is 0 Å². The molecule has 0 aliphatic carbocycles. The van der Waals surface area contributed by atoms with E-state index in [4.69, 9.17) is 0 Å². The van der Waals surface area contributed by atoms with Gasteiger partial charge in [0, 0.05) is 4.83 Å². The second-order valence-corrected chi connectivity index (χ2v) is 5.99. The molecule has 0 bridgehead atoms. The molecule has 1 atom stereocenters. The van der Waals surface area contributed by atoms with Crippen molar-refractivity contribution in [3.05, 3.63) is 48.0 Å². The Morgan fingerprint density at radius 1 is 0.944 bits per heavy atom. The van der Waals surface area contributed by atoms with Gasteiger partial charge in [-0.1, -0.05) is 91.0 Å².